The van der Waals surface area contributed by atoms with E-state index in [4.69, 9.17) is 27.9 Å². The van der Waals surface area contributed by atoms with Gasteiger partial charge in [-0.1, -0.05) is 29.3 Å². The number of aromatic nitrogens is 2. The van der Waals surface area contributed by atoms with Crippen molar-refractivity contribution in [1.29, 1.82) is 0 Å². The molecule has 170 valence electrons. The molecular formula is C25H22Cl2N2O3S. The molecule has 1 aliphatic rings. The van der Waals surface area contributed by atoms with Gasteiger partial charge < -0.3 is 4.74 Å². The average Bonchev–Trinajstić information content (AvgIpc) is 3.19. The van der Waals surface area contributed by atoms with Crippen LogP contribution in [0.15, 0.2) is 52.1 Å². The molecule has 0 saturated carbocycles. The molecule has 0 N–H and O–H groups in total. The Morgan fingerprint density at radius 2 is 1.79 bits per heavy atom. The van der Waals surface area contributed by atoms with E-state index in [-0.39, 0.29) is 17.8 Å². The van der Waals surface area contributed by atoms with Gasteiger partial charge in [0, 0.05) is 14.9 Å². The van der Waals surface area contributed by atoms with E-state index in [9.17, 15) is 9.59 Å². The number of hydrogen-bond acceptors (Lipinski definition) is 4. The van der Waals surface area contributed by atoms with Crippen LogP contribution in [0.1, 0.15) is 35.8 Å². The lowest BCUT2D eigenvalue weighted by molar-refractivity contribution is 0.340. The Hall–Kier alpha value is -2.54. The minimum Gasteiger partial charge on any atom is -0.494 e. The summed E-state index contributed by atoms with van der Waals surface area (Å²) >= 11 is 14.1. The molecule has 5 nitrogen and oxygen atoms in total. The van der Waals surface area contributed by atoms with E-state index in [1.165, 1.54) is 9.44 Å². The fraction of sp³-hybridized carbons (Fsp3) is 0.280. The Morgan fingerprint density at radius 1 is 1.03 bits per heavy atom. The topological polar surface area (TPSA) is 53.2 Å². The summed E-state index contributed by atoms with van der Waals surface area (Å²) in [6.07, 6.45) is 3.93. The molecule has 0 saturated heterocycles. The molecule has 1 aliphatic carbocycles. The van der Waals surface area contributed by atoms with Crippen molar-refractivity contribution in [1.82, 2.24) is 9.13 Å². The molecule has 2 aromatic heterocycles. The van der Waals surface area contributed by atoms with Gasteiger partial charge in [-0.15, -0.1) is 11.3 Å². The maximum atomic E-state index is 13.7. The van der Waals surface area contributed by atoms with E-state index >= 15 is 0 Å². The third-order valence-electron chi connectivity index (χ3n) is 5.99. The highest BCUT2D eigenvalue weighted by Crippen LogP contribution is 2.35. The third-order valence-corrected chi connectivity index (χ3v) is 7.89. The van der Waals surface area contributed by atoms with Gasteiger partial charge in [-0.3, -0.25) is 9.36 Å². The predicted molar refractivity (Wildman–Crippen MR) is 135 cm³/mol. The monoisotopic (exact) mass is 500 g/mol. The highest BCUT2D eigenvalue weighted by Gasteiger charge is 2.24. The second kappa shape index (κ2) is 9.01. The average molecular weight is 501 g/mol. The lowest BCUT2D eigenvalue weighted by Crippen LogP contribution is -2.39. The van der Waals surface area contributed by atoms with Gasteiger partial charge in [0.1, 0.15) is 10.6 Å². The maximum absolute atomic E-state index is 13.7. The minimum absolute atomic E-state index is 0.252. The van der Waals surface area contributed by atoms with Gasteiger partial charge in [-0.2, -0.15) is 0 Å². The van der Waals surface area contributed by atoms with Gasteiger partial charge in [0.15, 0.2) is 0 Å². The van der Waals surface area contributed by atoms with Crippen LogP contribution in [0.5, 0.6) is 5.75 Å². The van der Waals surface area contributed by atoms with Crippen molar-refractivity contribution in [3.8, 4) is 11.4 Å². The zero-order valence-electron chi connectivity index (χ0n) is 18.1. The lowest BCUT2D eigenvalue weighted by Gasteiger charge is -2.14. The van der Waals surface area contributed by atoms with Crippen LogP contribution in [-0.4, -0.2) is 15.7 Å². The number of aryl methyl sites for hydroxylation is 2. The second-order valence-electron chi connectivity index (χ2n) is 8.06. The smallest absolute Gasteiger partial charge is 0.337 e. The molecule has 2 heterocycles. The summed E-state index contributed by atoms with van der Waals surface area (Å²) in [6.45, 7) is 2.70. The van der Waals surface area contributed by atoms with E-state index in [0.717, 1.165) is 36.8 Å². The van der Waals surface area contributed by atoms with E-state index in [1.54, 1.807) is 52.3 Å². The largest absolute Gasteiger partial charge is 0.494 e. The first-order valence-electron chi connectivity index (χ1n) is 10.9. The van der Waals surface area contributed by atoms with Crippen LogP contribution in [0.3, 0.4) is 0 Å². The van der Waals surface area contributed by atoms with Crippen LogP contribution in [0, 0.1) is 0 Å². The van der Waals surface area contributed by atoms with Crippen molar-refractivity contribution in [2.45, 2.75) is 39.2 Å². The highest BCUT2D eigenvalue weighted by molar-refractivity contribution is 7.18. The zero-order valence-corrected chi connectivity index (χ0v) is 20.4. The fourth-order valence-corrected chi connectivity index (χ4v) is 6.25. The normalized spacial score (nSPS) is 13.3. The first-order chi connectivity index (χ1) is 16.0. The summed E-state index contributed by atoms with van der Waals surface area (Å²) < 4.78 is 8.46. The van der Waals surface area contributed by atoms with Crippen LogP contribution in [0.4, 0.5) is 0 Å². The molecule has 2 aromatic carbocycles. The molecular weight excluding hydrogens is 479 g/mol. The summed E-state index contributed by atoms with van der Waals surface area (Å²) in [5, 5.41) is 1.67. The summed E-state index contributed by atoms with van der Waals surface area (Å²) in [5.74, 6) is 0.691. The molecule has 8 heteroatoms. The number of hydrogen-bond donors (Lipinski definition) is 0. The van der Waals surface area contributed by atoms with Crippen LogP contribution in [-0.2, 0) is 19.4 Å². The van der Waals surface area contributed by atoms with Crippen molar-refractivity contribution in [3.63, 3.8) is 0 Å². The lowest BCUT2D eigenvalue weighted by atomic mass is 9.97. The van der Waals surface area contributed by atoms with Crippen LogP contribution < -0.4 is 16.0 Å². The summed E-state index contributed by atoms with van der Waals surface area (Å²) in [4.78, 5) is 29.3. The Bertz CT molecular complexity index is 1470. The minimum atomic E-state index is -0.388. The third kappa shape index (κ3) is 4.01. The summed E-state index contributed by atoms with van der Waals surface area (Å²) in [6, 6.07) is 12.3. The molecule has 0 bridgehead atoms. The van der Waals surface area contributed by atoms with Crippen molar-refractivity contribution in [2.75, 3.05) is 6.61 Å². The molecule has 0 spiro atoms. The Labute approximate surface area is 204 Å². The fourth-order valence-electron chi connectivity index (χ4n) is 4.41. The first-order valence-corrected chi connectivity index (χ1v) is 12.5. The zero-order chi connectivity index (χ0) is 23.1. The number of ether oxygens (including phenoxy) is 1. The van der Waals surface area contributed by atoms with Crippen molar-refractivity contribution < 1.29 is 4.74 Å². The van der Waals surface area contributed by atoms with Gasteiger partial charge in [-0.25, -0.2) is 9.36 Å². The van der Waals surface area contributed by atoms with E-state index in [0.29, 0.717) is 38.3 Å². The second-order valence-corrected chi connectivity index (χ2v) is 9.99. The molecule has 0 amide bonds. The van der Waals surface area contributed by atoms with E-state index in [2.05, 4.69) is 0 Å². The van der Waals surface area contributed by atoms with Crippen molar-refractivity contribution >= 4 is 44.8 Å². The molecule has 0 aliphatic heterocycles. The Kier molecular flexibility index (Phi) is 6.08. The van der Waals surface area contributed by atoms with Gasteiger partial charge in [-0.05, 0) is 80.1 Å². The van der Waals surface area contributed by atoms with Crippen LogP contribution in [0.2, 0.25) is 10.0 Å². The summed E-state index contributed by atoms with van der Waals surface area (Å²) in [5.41, 5.74) is 1.72. The SMILES string of the molecule is CCOc1ccc(-n2c(=O)c3c4c(sc3n(Cc3ccc(Cl)cc3Cl)c2=O)CCCC4)cc1. The molecule has 0 radical (unpaired) electrons. The first kappa shape index (κ1) is 22.3. The van der Waals surface area contributed by atoms with Crippen LogP contribution >= 0.6 is 34.5 Å². The maximum Gasteiger partial charge on any atom is 0.337 e. The Morgan fingerprint density at radius 3 is 2.52 bits per heavy atom. The number of fused-ring (bicyclic) bond motifs is 3. The van der Waals surface area contributed by atoms with Gasteiger partial charge in [0.25, 0.3) is 5.56 Å². The summed E-state index contributed by atoms with van der Waals surface area (Å²) in [7, 11) is 0. The molecule has 4 aromatic rings. The van der Waals surface area contributed by atoms with Gasteiger partial charge >= 0.3 is 5.69 Å². The number of thiophene rings is 1. The molecule has 0 fully saturated rings. The van der Waals surface area contributed by atoms with Gasteiger partial charge in [0.2, 0.25) is 0 Å². The number of halogens is 2. The van der Waals surface area contributed by atoms with Gasteiger partial charge in [0.05, 0.1) is 24.2 Å². The standard InChI is InChI=1S/C25H22Cl2N2O3S/c1-2-32-18-11-9-17(10-12-18)29-23(30)22-19-5-3-4-6-21(19)33-24(22)28(25(29)31)14-15-7-8-16(26)13-20(15)27/h7-13H,2-6,14H2,1H3. The molecule has 5 rings (SSSR count). The quantitative estimate of drug-likeness (QED) is 0.345. The highest BCUT2D eigenvalue weighted by atomic mass is 35.5. The van der Waals surface area contributed by atoms with E-state index in [1.807, 2.05) is 13.0 Å². The number of nitrogens with zero attached hydrogens (tertiary/aromatic N) is 2. The van der Waals surface area contributed by atoms with Crippen molar-refractivity contribution in [3.05, 3.63) is 89.4 Å². The van der Waals surface area contributed by atoms with Crippen molar-refractivity contribution in [2.24, 2.45) is 0 Å². The van der Waals surface area contributed by atoms with E-state index < -0.39 is 0 Å². The number of benzene rings is 2. The predicted octanol–water partition coefficient (Wildman–Crippen LogP) is 5.85. The Balaban J connectivity index is 1.77. The molecule has 0 unspecified atom stereocenters. The van der Waals surface area contributed by atoms with Crippen LogP contribution in [0.25, 0.3) is 15.9 Å². The number of rotatable bonds is 5. The molecule has 33 heavy (non-hydrogen) atoms. The molecule has 0 atom stereocenters.